The van der Waals surface area contributed by atoms with Gasteiger partial charge in [-0.25, -0.2) is 9.71 Å². The minimum absolute atomic E-state index is 0.130. The summed E-state index contributed by atoms with van der Waals surface area (Å²) in [5, 5.41) is 9.93. The van der Waals surface area contributed by atoms with Crippen molar-refractivity contribution in [1.82, 2.24) is 9.71 Å². The lowest BCUT2D eigenvalue weighted by Crippen LogP contribution is -2.57. The predicted octanol–water partition coefficient (Wildman–Crippen LogP) is 4.82. The first-order chi connectivity index (χ1) is 20.2. The molecule has 0 radical (unpaired) electrons. The Morgan fingerprint density at radius 2 is 1.65 bits per heavy atom. The van der Waals surface area contributed by atoms with Crippen LogP contribution >= 0.6 is 11.6 Å². The molecule has 0 bridgehead atoms. The SMILES string of the molecule is O=C(NS(=O)(=O)c1cccc(N2CCC(O)(C(F)(F)F)CC2)n1)C1(Oc2cc(Cl)ccc2N2CC3(CCCCC3)C2)CC1. The summed E-state index contributed by atoms with van der Waals surface area (Å²) in [7, 11) is -4.43. The molecule has 3 heterocycles. The van der Waals surface area contributed by atoms with Crippen LogP contribution in [-0.2, 0) is 14.8 Å². The molecule has 43 heavy (non-hydrogen) atoms. The van der Waals surface area contributed by atoms with Gasteiger partial charge in [0.1, 0.15) is 11.6 Å². The Bertz CT molecular complexity index is 1500. The third kappa shape index (κ3) is 5.87. The van der Waals surface area contributed by atoms with Gasteiger partial charge in [-0.3, -0.25) is 4.79 Å². The third-order valence-corrected chi connectivity index (χ3v) is 10.8. The first-order valence-corrected chi connectivity index (χ1v) is 16.4. The molecule has 1 aromatic carbocycles. The smallest absolute Gasteiger partial charge is 0.417 e. The van der Waals surface area contributed by atoms with E-state index in [1.165, 1.54) is 55.2 Å². The van der Waals surface area contributed by atoms with E-state index in [-0.39, 0.29) is 18.9 Å². The number of hydrogen-bond acceptors (Lipinski definition) is 8. The number of piperidine rings is 1. The van der Waals surface area contributed by atoms with Gasteiger partial charge in [-0.15, -0.1) is 0 Å². The van der Waals surface area contributed by atoms with Gasteiger partial charge in [-0.1, -0.05) is 36.9 Å². The molecule has 4 fully saturated rings. The molecule has 2 aliphatic carbocycles. The maximum atomic E-state index is 13.3. The molecule has 2 N–H and O–H groups in total. The van der Waals surface area contributed by atoms with Crippen LogP contribution in [0.3, 0.4) is 0 Å². The number of carbonyl (C=O) groups excluding carboxylic acids is 1. The van der Waals surface area contributed by atoms with Gasteiger partial charge in [-0.05, 0) is 37.1 Å². The molecular weight excluding hydrogens is 609 g/mol. The second-order valence-electron chi connectivity index (χ2n) is 12.4. The fourth-order valence-electron chi connectivity index (χ4n) is 6.47. The second kappa shape index (κ2) is 10.7. The number of pyridine rings is 1. The molecule has 1 amide bonds. The van der Waals surface area contributed by atoms with Crippen molar-refractivity contribution in [2.24, 2.45) is 5.41 Å². The maximum Gasteiger partial charge on any atom is 0.417 e. The average Bonchev–Trinajstić information content (AvgIpc) is 3.73. The highest BCUT2D eigenvalue weighted by molar-refractivity contribution is 7.90. The number of hydrogen-bond donors (Lipinski definition) is 2. The summed E-state index contributed by atoms with van der Waals surface area (Å²) in [6, 6.07) is 9.36. The Balaban J connectivity index is 1.13. The van der Waals surface area contributed by atoms with Gasteiger partial charge in [0.15, 0.2) is 16.2 Å². The zero-order valence-electron chi connectivity index (χ0n) is 23.5. The zero-order valence-corrected chi connectivity index (χ0v) is 25.1. The van der Waals surface area contributed by atoms with Gasteiger partial charge in [0.05, 0.1) is 5.69 Å². The highest BCUT2D eigenvalue weighted by atomic mass is 35.5. The lowest BCUT2D eigenvalue weighted by molar-refractivity contribution is -0.266. The molecule has 2 saturated heterocycles. The van der Waals surface area contributed by atoms with Gasteiger partial charge < -0.3 is 19.6 Å². The number of alkyl halides is 3. The number of benzene rings is 1. The summed E-state index contributed by atoms with van der Waals surface area (Å²) in [5.41, 5.74) is -3.05. The molecule has 234 valence electrons. The molecule has 1 aromatic heterocycles. The molecular formula is C29H34ClF3N4O5S. The summed E-state index contributed by atoms with van der Waals surface area (Å²) >= 11 is 6.28. The zero-order chi connectivity index (χ0) is 30.7. The molecule has 0 atom stereocenters. The summed E-state index contributed by atoms with van der Waals surface area (Å²) in [6.07, 6.45) is 0.829. The van der Waals surface area contributed by atoms with Crippen LogP contribution in [0.25, 0.3) is 0 Å². The van der Waals surface area contributed by atoms with Crippen LogP contribution in [0.5, 0.6) is 5.75 Å². The molecule has 14 heteroatoms. The number of carbonyl (C=O) groups is 1. The molecule has 6 rings (SSSR count). The molecule has 1 spiro atoms. The minimum atomic E-state index is -4.76. The van der Waals surface area contributed by atoms with Crippen LogP contribution in [0.2, 0.25) is 5.02 Å². The number of anilines is 2. The maximum absolute atomic E-state index is 13.3. The molecule has 4 aliphatic rings. The number of rotatable bonds is 7. The van der Waals surface area contributed by atoms with Crippen LogP contribution in [0.15, 0.2) is 41.4 Å². The van der Waals surface area contributed by atoms with Gasteiger partial charge in [-0.2, -0.15) is 21.6 Å². The van der Waals surface area contributed by atoms with Crippen molar-refractivity contribution in [1.29, 1.82) is 0 Å². The number of sulfonamides is 1. The minimum Gasteiger partial charge on any atom is -0.475 e. The molecule has 9 nitrogen and oxygen atoms in total. The lowest BCUT2D eigenvalue weighted by atomic mass is 9.68. The summed E-state index contributed by atoms with van der Waals surface area (Å²) in [6.45, 7) is 1.45. The van der Waals surface area contributed by atoms with Crippen LogP contribution in [0.4, 0.5) is 24.7 Å². The number of ether oxygens (including phenoxy) is 1. The topological polar surface area (TPSA) is 112 Å². The van der Waals surface area contributed by atoms with Crippen molar-refractivity contribution in [2.75, 3.05) is 36.0 Å². The van der Waals surface area contributed by atoms with E-state index in [1.807, 2.05) is 6.07 Å². The third-order valence-electron chi connectivity index (χ3n) is 9.31. The summed E-state index contributed by atoms with van der Waals surface area (Å²) in [4.78, 5) is 21.1. The van der Waals surface area contributed by atoms with Crippen molar-refractivity contribution in [3.63, 3.8) is 0 Å². The van der Waals surface area contributed by atoms with Gasteiger partial charge in [0, 0.05) is 68.4 Å². The van der Waals surface area contributed by atoms with Gasteiger partial charge in [0.2, 0.25) is 0 Å². The van der Waals surface area contributed by atoms with Crippen molar-refractivity contribution < 1.29 is 36.2 Å². The van der Waals surface area contributed by atoms with E-state index >= 15 is 0 Å². The largest absolute Gasteiger partial charge is 0.475 e. The highest BCUT2D eigenvalue weighted by Gasteiger charge is 2.56. The van der Waals surface area contributed by atoms with E-state index in [0.29, 0.717) is 29.0 Å². The van der Waals surface area contributed by atoms with E-state index in [0.717, 1.165) is 18.8 Å². The fraction of sp³-hybridized carbons (Fsp3) is 0.586. The normalized spacial score (nSPS) is 22.5. The molecule has 2 saturated carbocycles. The first-order valence-electron chi connectivity index (χ1n) is 14.6. The van der Waals surface area contributed by atoms with Crippen molar-refractivity contribution in [2.45, 2.75) is 80.2 Å². The number of nitrogens with zero attached hydrogens (tertiary/aromatic N) is 3. The standard InChI is InChI=1S/C29H34ClF3N4O5S/c30-20-7-8-21(37-18-26(19-37)9-2-1-3-10-26)22(17-20)42-27(11-12-27)25(38)35-43(40,41)24-6-4-5-23(34-24)36-15-13-28(39,14-16-36)29(31,32)33/h4-8,17,39H,1-3,9-16,18-19H2,(H,35,38). The van der Waals surface area contributed by atoms with E-state index in [1.54, 1.807) is 12.1 Å². The summed E-state index contributed by atoms with van der Waals surface area (Å²) in [5.74, 6) is -0.274. The van der Waals surface area contributed by atoms with E-state index < -0.39 is 51.2 Å². The Kier molecular flexibility index (Phi) is 7.53. The Labute approximate surface area is 253 Å². The van der Waals surface area contributed by atoms with Crippen LogP contribution in [0.1, 0.15) is 57.8 Å². The van der Waals surface area contributed by atoms with Gasteiger partial charge in [0.25, 0.3) is 15.9 Å². The number of aromatic nitrogens is 1. The van der Waals surface area contributed by atoms with Crippen LogP contribution < -0.4 is 19.3 Å². The first kappa shape index (κ1) is 30.3. The van der Waals surface area contributed by atoms with E-state index in [9.17, 15) is 31.5 Å². The Morgan fingerprint density at radius 3 is 2.28 bits per heavy atom. The van der Waals surface area contributed by atoms with E-state index in [4.69, 9.17) is 16.3 Å². The number of nitrogens with one attached hydrogen (secondary N) is 1. The predicted molar refractivity (Wildman–Crippen MR) is 154 cm³/mol. The lowest BCUT2D eigenvalue weighted by Gasteiger charge is -2.53. The monoisotopic (exact) mass is 642 g/mol. The van der Waals surface area contributed by atoms with Crippen molar-refractivity contribution >= 4 is 39.0 Å². The van der Waals surface area contributed by atoms with Crippen LogP contribution in [0, 0.1) is 5.41 Å². The number of amides is 1. The quantitative estimate of drug-likeness (QED) is 0.443. The van der Waals surface area contributed by atoms with Crippen molar-refractivity contribution in [3.05, 3.63) is 41.4 Å². The Morgan fingerprint density at radius 1 is 0.977 bits per heavy atom. The number of aliphatic hydroxyl groups is 1. The molecule has 2 aromatic rings. The fourth-order valence-corrected chi connectivity index (χ4v) is 7.64. The molecule has 2 aliphatic heterocycles. The Hall–Kier alpha value is -2.77. The second-order valence-corrected chi connectivity index (χ2v) is 14.5. The number of halogens is 4. The van der Waals surface area contributed by atoms with E-state index in [2.05, 4.69) is 14.6 Å². The van der Waals surface area contributed by atoms with Gasteiger partial charge >= 0.3 is 6.18 Å². The van der Waals surface area contributed by atoms with Crippen LogP contribution in [-0.4, -0.2) is 68.0 Å². The highest BCUT2D eigenvalue weighted by Crippen LogP contribution is 2.50. The van der Waals surface area contributed by atoms with Crippen molar-refractivity contribution in [3.8, 4) is 5.75 Å². The average molecular weight is 643 g/mol. The molecule has 0 unspecified atom stereocenters. The summed E-state index contributed by atoms with van der Waals surface area (Å²) < 4.78 is 74.3.